The predicted octanol–water partition coefficient (Wildman–Crippen LogP) is 5.36. The van der Waals surface area contributed by atoms with Crippen LogP contribution in [0.25, 0.3) is 0 Å². The minimum atomic E-state index is -0.576. The molecule has 31 heavy (non-hydrogen) atoms. The van der Waals surface area contributed by atoms with E-state index in [0.29, 0.717) is 19.5 Å². The first-order chi connectivity index (χ1) is 15.0. The van der Waals surface area contributed by atoms with Crippen LogP contribution < -0.4 is 0 Å². The number of amides is 2. The highest BCUT2D eigenvalue weighted by molar-refractivity contribution is 7.09. The van der Waals surface area contributed by atoms with Crippen molar-refractivity contribution in [3.63, 3.8) is 0 Å². The summed E-state index contributed by atoms with van der Waals surface area (Å²) in [5, 5.41) is 1.98. The third-order valence-corrected chi connectivity index (χ3v) is 6.15. The molecule has 0 N–H and O–H groups in total. The Labute approximate surface area is 186 Å². The average molecular weight is 439 g/mol. The van der Waals surface area contributed by atoms with Crippen LogP contribution in [0.1, 0.15) is 41.1 Å². The number of hydrogen-bond donors (Lipinski definition) is 0. The SMILES string of the molecule is CCC(C)N(CC(=O)N(Cc1ccccc1)Cc1cccs1)C(=O)c1ccccc1F. The second kappa shape index (κ2) is 10.9. The van der Waals surface area contributed by atoms with E-state index in [4.69, 9.17) is 0 Å². The first-order valence-electron chi connectivity index (χ1n) is 10.4. The highest BCUT2D eigenvalue weighted by atomic mass is 32.1. The highest BCUT2D eigenvalue weighted by Crippen LogP contribution is 2.18. The molecule has 0 saturated heterocycles. The molecule has 0 bridgehead atoms. The fraction of sp³-hybridized carbons (Fsp3) is 0.280. The summed E-state index contributed by atoms with van der Waals surface area (Å²) >= 11 is 1.59. The van der Waals surface area contributed by atoms with Crippen LogP contribution >= 0.6 is 11.3 Å². The Morgan fingerprint density at radius 2 is 1.68 bits per heavy atom. The molecule has 162 valence electrons. The molecule has 4 nitrogen and oxygen atoms in total. The molecule has 1 aromatic heterocycles. The largest absolute Gasteiger partial charge is 0.332 e. The maximum Gasteiger partial charge on any atom is 0.257 e. The maximum atomic E-state index is 14.3. The zero-order valence-corrected chi connectivity index (χ0v) is 18.6. The van der Waals surface area contributed by atoms with E-state index in [9.17, 15) is 14.0 Å². The molecule has 1 heterocycles. The lowest BCUT2D eigenvalue weighted by molar-refractivity contribution is -0.133. The van der Waals surface area contributed by atoms with Gasteiger partial charge in [-0.25, -0.2) is 4.39 Å². The van der Waals surface area contributed by atoms with Crippen molar-refractivity contribution < 1.29 is 14.0 Å². The normalized spacial score (nSPS) is 11.7. The second-order valence-electron chi connectivity index (χ2n) is 7.48. The first-order valence-corrected chi connectivity index (χ1v) is 11.3. The van der Waals surface area contributed by atoms with E-state index >= 15 is 0 Å². The van der Waals surface area contributed by atoms with Gasteiger partial charge in [-0.2, -0.15) is 0 Å². The summed E-state index contributed by atoms with van der Waals surface area (Å²) in [5.74, 6) is -1.20. The lowest BCUT2D eigenvalue weighted by atomic mass is 10.1. The van der Waals surface area contributed by atoms with Crippen molar-refractivity contribution >= 4 is 23.2 Å². The van der Waals surface area contributed by atoms with Crippen molar-refractivity contribution in [2.24, 2.45) is 0 Å². The number of halogens is 1. The standard InChI is InChI=1S/C25H27FN2O2S/c1-3-19(2)28(25(30)22-13-7-8-14-23(22)26)18-24(29)27(17-21-12-9-15-31-21)16-20-10-5-4-6-11-20/h4-15,19H,3,16-18H2,1-2H3. The second-order valence-corrected chi connectivity index (χ2v) is 8.52. The van der Waals surface area contributed by atoms with Crippen LogP contribution in [0.4, 0.5) is 4.39 Å². The van der Waals surface area contributed by atoms with Crippen molar-refractivity contribution in [2.45, 2.75) is 39.4 Å². The van der Waals surface area contributed by atoms with Crippen molar-refractivity contribution in [3.05, 3.63) is 93.9 Å². The van der Waals surface area contributed by atoms with Gasteiger partial charge in [0.2, 0.25) is 5.91 Å². The molecule has 0 saturated carbocycles. The van der Waals surface area contributed by atoms with Gasteiger partial charge in [-0.15, -0.1) is 11.3 Å². The van der Waals surface area contributed by atoms with Crippen LogP contribution in [-0.2, 0) is 17.9 Å². The lowest BCUT2D eigenvalue weighted by Gasteiger charge is -2.31. The first kappa shape index (κ1) is 22.7. The predicted molar refractivity (Wildman–Crippen MR) is 122 cm³/mol. The Morgan fingerprint density at radius 3 is 2.32 bits per heavy atom. The molecule has 0 aliphatic rings. The van der Waals surface area contributed by atoms with Crippen molar-refractivity contribution in [3.8, 4) is 0 Å². The van der Waals surface area contributed by atoms with Crippen LogP contribution in [0.3, 0.4) is 0 Å². The summed E-state index contributed by atoms with van der Waals surface area (Å²) in [7, 11) is 0. The van der Waals surface area contributed by atoms with Gasteiger partial charge in [0.1, 0.15) is 12.4 Å². The van der Waals surface area contributed by atoms with Crippen LogP contribution in [0.5, 0.6) is 0 Å². The molecule has 0 fully saturated rings. The summed E-state index contributed by atoms with van der Waals surface area (Å²) in [6, 6.07) is 19.4. The van der Waals surface area contributed by atoms with Crippen molar-refractivity contribution in [2.75, 3.05) is 6.54 Å². The van der Waals surface area contributed by atoms with Gasteiger partial charge < -0.3 is 9.80 Å². The third-order valence-electron chi connectivity index (χ3n) is 5.29. The van der Waals surface area contributed by atoms with E-state index in [1.165, 1.54) is 17.0 Å². The molecule has 2 amide bonds. The third kappa shape index (κ3) is 6.01. The van der Waals surface area contributed by atoms with Gasteiger partial charge in [0, 0.05) is 17.5 Å². The summed E-state index contributed by atoms with van der Waals surface area (Å²) < 4.78 is 14.3. The molecule has 0 aliphatic carbocycles. The number of thiophene rings is 1. The van der Waals surface area contributed by atoms with Gasteiger partial charge in [0.15, 0.2) is 0 Å². The Hall–Kier alpha value is -2.99. The molecule has 0 radical (unpaired) electrons. The lowest BCUT2D eigenvalue weighted by Crippen LogP contribution is -2.46. The van der Waals surface area contributed by atoms with Crippen molar-refractivity contribution in [1.82, 2.24) is 9.80 Å². The summed E-state index contributed by atoms with van der Waals surface area (Å²) in [6.07, 6.45) is 0.664. The van der Waals surface area contributed by atoms with Gasteiger partial charge in [-0.3, -0.25) is 9.59 Å². The van der Waals surface area contributed by atoms with Gasteiger partial charge >= 0.3 is 0 Å². The zero-order valence-electron chi connectivity index (χ0n) is 17.8. The molecular weight excluding hydrogens is 411 g/mol. The molecule has 1 atom stereocenters. The van der Waals surface area contributed by atoms with Crippen LogP contribution in [0, 0.1) is 5.82 Å². The molecule has 0 aliphatic heterocycles. The highest BCUT2D eigenvalue weighted by Gasteiger charge is 2.27. The van der Waals surface area contributed by atoms with Crippen LogP contribution in [-0.4, -0.2) is 34.2 Å². The Morgan fingerprint density at radius 1 is 0.968 bits per heavy atom. The monoisotopic (exact) mass is 438 g/mol. The van der Waals surface area contributed by atoms with Gasteiger partial charge in [-0.1, -0.05) is 55.5 Å². The minimum Gasteiger partial charge on any atom is -0.332 e. The van der Waals surface area contributed by atoms with E-state index < -0.39 is 11.7 Å². The number of carbonyl (C=O) groups excluding carboxylic acids is 2. The van der Waals surface area contributed by atoms with E-state index in [1.807, 2.05) is 61.7 Å². The molecule has 6 heteroatoms. The zero-order chi connectivity index (χ0) is 22.2. The number of carbonyl (C=O) groups is 2. The van der Waals surface area contributed by atoms with Crippen molar-refractivity contribution in [1.29, 1.82) is 0 Å². The molecule has 2 aromatic carbocycles. The topological polar surface area (TPSA) is 40.6 Å². The Bertz CT molecular complexity index is 992. The minimum absolute atomic E-state index is 0.0107. The average Bonchev–Trinajstić information content (AvgIpc) is 3.30. The molecule has 1 unspecified atom stereocenters. The maximum absolute atomic E-state index is 14.3. The molecule has 3 aromatic rings. The number of rotatable bonds is 9. The Kier molecular flexibility index (Phi) is 7.95. The molecule has 0 spiro atoms. The molecular formula is C25H27FN2O2S. The number of benzene rings is 2. The fourth-order valence-electron chi connectivity index (χ4n) is 3.31. The van der Waals surface area contributed by atoms with E-state index in [-0.39, 0.29) is 24.1 Å². The quantitative estimate of drug-likeness (QED) is 0.451. The van der Waals surface area contributed by atoms with E-state index in [1.54, 1.807) is 28.4 Å². The number of hydrogen-bond acceptors (Lipinski definition) is 3. The summed E-state index contributed by atoms with van der Waals surface area (Å²) in [5.41, 5.74) is 1.01. The van der Waals surface area contributed by atoms with Gasteiger partial charge in [0.25, 0.3) is 5.91 Å². The van der Waals surface area contributed by atoms with Crippen LogP contribution in [0.15, 0.2) is 72.1 Å². The molecule has 3 rings (SSSR count). The fourth-order valence-corrected chi connectivity index (χ4v) is 4.03. The van der Waals surface area contributed by atoms with Gasteiger partial charge in [-0.05, 0) is 42.5 Å². The smallest absolute Gasteiger partial charge is 0.257 e. The van der Waals surface area contributed by atoms with Crippen LogP contribution in [0.2, 0.25) is 0 Å². The van der Waals surface area contributed by atoms with Gasteiger partial charge in [0.05, 0.1) is 12.1 Å². The van der Waals surface area contributed by atoms with E-state index in [2.05, 4.69) is 0 Å². The Balaban J connectivity index is 1.83. The van der Waals surface area contributed by atoms with E-state index in [0.717, 1.165) is 10.4 Å². The number of nitrogens with zero attached hydrogens (tertiary/aromatic N) is 2. The summed E-state index contributed by atoms with van der Waals surface area (Å²) in [4.78, 5) is 30.8. The summed E-state index contributed by atoms with van der Waals surface area (Å²) in [6.45, 7) is 4.64.